The molecule has 0 bridgehead atoms. The zero-order valence-electron chi connectivity index (χ0n) is 13.1. The van der Waals surface area contributed by atoms with Gasteiger partial charge in [0.2, 0.25) is 0 Å². The van der Waals surface area contributed by atoms with Gasteiger partial charge in [-0.25, -0.2) is 0 Å². The van der Waals surface area contributed by atoms with E-state index in [4.69, 9.17) is 0 Å². The fourth-order valence-corrected chi connectivity index (χ4v) is 3.33. The fraction of sp³-hybridized carbons (Fsp3) is 0.150. The quantitative estimate of drug-likeness (QED) is 0.584. The first-order valence-corrected chi connectivity index (χ1v) is 8.68. The molecule has 0 amide bonds. The molecule has 0 N–H and O–H groups in total. The Kier molecular flexibility index (Phi) is 5.29. The van der Waals surface area contributed by atoms with Gasteiger partial charge in [0, 0.05) is 19.0 Å². The normalized spacial score (nSPS) is 11.8. The molecule has 1 atom stereocenters. The highest BCUT2D eigenvalue weighted by Crippen LogP contribution is 2.27. The van der Waals surface area contributed by atoms with Crippen molar-refractivity contribution in [2.45, 2.75) is 18.8 Å². The van der Waals surface area contributed by atoms with Gasteiger partial charge in [-0.05, 0) is 35.1 Å². The van der Waals surface area contributed by atoms with Gasteiger partial charge < -0.3 is 0 Å². The summed E-state index contributed by atoms with van der Waals surface area (Å²) in [5, 5.41) is 1.89. The summed E-state index contributed by atoms with van der Waals surface area (Å²) in [4.78, 5) is 29.9. The Hall–Kier alpha value is -2.59. The Bertz CT molecular complexity index is 798. The molecule has 0 aliphatic heterocycles. The number of benzene rings is 1. The van der Waals surface area contributed by atoms with Crippen LogP contribution in [-0.2, 0) is 0 Å². The largest absolute Gasteiger partial charge is 0.293 e. The van der Waals surface area contributed by atoms with E-state index >= 15 is 0 Å². The van der Waals surface area contributed by atoms with Crippen molar-refractivity contribution in [1.29, 1.82) is 0 Å². The van der Waals surface area contributed by atoms with Crippen molar-refractivity contribution in [2.75, 3.05) is 0 Å². The molecule has 2 aromatic heterocycles. The Morgan fingerprint density at radius 1 is 0.875 bits per heavy atom. The lowest BCUT2D eigenvalue weighted by Gasteiger charge is -2.15. The minimum Gasteiger partial charge on any atom is -0.293 e. The maximum Gasteiger partial charge on any atom is 0.181 e. The van der Waals surface area contributed by atoms with Gasteiger partial charge in [0.1, 0.15) is 5.69 Å². The third kappa shape index (κ3) is 4.03. The lowest BCUT2D eigenvalue weighted by molar-refractivity contribution is 0.0943. The van der Waals surface area contributed by atoms with Crippen LogP contribution >= 0.6 is 11.3 Å². The highest BCUT2D eigenvalue weighted by atomic mass is 32.1. The van der Waals surface area contributed by atoms with Crippen molar-refractivity contribution >= 4 is 22.9 Å². The summed E-state index contributed by atoms with van der Waals surface area (Å²) in [6, 6.07) is 18.7. The summed E-state index contributed by atoms with van der Waals surface area (Å²) < 4.78 is 0. The molecular weight excluding hydrogens is 318 g/mol. The second-order valence-corrected chi connectivity index (χ2v) is 6.50. The topological polar surface area (TPSA) is 47.0 Å². The second-order valence-electron chi connectivity index (χ2n) is 5.55. The van der Waals surface area contributed by atoms with Crippen molar-refractivity contribution < 1.29 is 9.59 Å². The predicted octanol–water partition coefficient (Wildman–Crippen LogP) is 4.77. The van der Waals surface area contributed by atoms with Crippen LogP contribution in [0.25, 0.3) is 0 Å². The first-order valence-electron chi connectivity index (χ1n) is 7.80. The molecule has 3 rings (SSSR count). The first-order chi connectivity index (χ1) is 11.7. The van der Waals surface area contributed by atoms with Crippen LogP contribution in [0.4, 0.5) is 0 Å². The van der Waals surface area contributed by atoms with Crippen LogP contribution in [0.1, 0.15) is 44.5 Å². The van der Waals surface area contributed by atoms with E-state index < -0.39 is 0 Å². The molecule has 4 heteroatoms. The molecule has 120 valence electrons. The monoisotopic (exact) mass is 335 g/mol. The molecule has 2 heterocycles. The minimum atomic E-state index is -0.143. The molecule has 1 aromatic carbocycles. The average Bonchev–Trinajstić information content (AvgIpc) is 3.17. The number of Topliss-reactive ketones (excluding diaryl/α,β-unsaturated/α-hetero) is 2. The molecule has 0 spiro atoms. The van der Waals surface area contributed by atoms with Crippen molar-refractivity contribution in [3.05, 3.63) is 88.4 Å². The van der Waals surface area contributed by atoms with Crippen molar-refractivity contribution in [2.24, 2.45) is 0 Å². The Morgan fingerprint density at radius 3 is 2.29 bits per heavy atom. The molecule has 3 nitrogen and oxygen atoms in total. The van der Waals surface area contributed by atoms with Crippen LogP contribution in [0.15, 0.2) is 72.2 Å². The standard InChI is InChI=1S/C20H17NO2S/c22-18(17-9-4-5-11-21-17)13-16(15-7-2-1-3-8-15)14-19(23)20-10-6-12-24-20/h1-12,16H,13-14H2/t16-/m0/s1. The Labute approximate surface area is 145 Å². The number of hydrogen-bond acceptors (Lipinski definition) is 4. The maximum atomic E-state index is 12.5. The van der Waals surface area contributed by atoms with E-state index in [1.807, 2.05) is 47.8 Å². The highest BCUT2D eigenvalue weighted by molar-refractivity contribution is 7.12. The predicted molar refractivity (Wildman–Crippen MR) is 95.6 cm³/mol. The number of pyridine rings is 1. The molecule has 3 aromatic rings. The zero-order chi connectivity index (χ0) is 16.8. The molecular formula is C20H17NO2S. The molecule has 0 fully saturated rings. The van der Waals surface area contributed by atoms with E-state index in [-0.39, 0.29) is 23.9 Å². The van der Waals surface area contributed by atoms with Crippen LogP contribution < -0.4 is 0 Å². The minimum absolute atomic E-state index is 0.0385. The van der Waals surface area contributed by atoms with Gasteiger partial charge in [-0.3, -0.25) is 14.6 Å². The third-order valence-corrected chi connectivity index (χ3v) is 4.79. The maximum absolute atomic E-state index is 12.5. The Balaban J connectivity index is 1.80. The van der Waals surface area contributed by atoms with Crippen LogP contribution in [0.5, 0.6) is 0 Å². The summed E-state index contributed by atoms with van der Waals surface area (Å²) in [5.74, 6) is -0.105. The number of hydrogen-bond donors (Lipinski definition) is 0. The molecule has 0 radical (unpaired) electrons. The number of carbonyl (C=O) groups excluding carboxylic acids is 2. The molecule has 0 saturated heterocycles. The Morgan fingerprint density at radius 2 is 1.62 bits per heavy atom. The van der Waals surface area contributed by atoms with E-state index in [0.29, 0.717) is 12.1 Å². The van der Waals surface area contributed by atoms with Gasteiger partial charge in [0.25, 0.3) is 0 Å². The third-order valence-electron chi connectivity index (χ3n) is 3.88. The van der Waals surface area contributed by atoms with Crippen molar-refractivity contribution in [1.82, 2.24) is 4.98 Å². The zero-order valence-corrected chi connectivity index (χ0v) is 13.9. The lowest BCUT2D eigenvalue weighted by atomic mass is 9.88. The number of rotatable bonds is 7. The SMILES string of the molecule is O=C(C[C@@H](CC(=O)c1cccs1)c1ccccc1)c1ccccn1. The molecule has 0 aliphatic rings. The van der Waals surface area contributed by atoms with E-state index in [9.17, 15) is 9.59 Å². The summed E-state index contributed by atoms with van der Waals surface area (Å²) in [6.07, 6.45) is 2.21. The van der Waals surface area contributed by atoms with Crippen molar-refractivity contribution in [3.8, 4) is 0 Å². The number of aromatic nitrogens is 1. The van der Waals surface area contributed by atoms with Gasteiger partial charge in [-0.2, -0.15) is 0 Å². The van der Waals surface area contributed by atoms with Gasteiger partial charge in [0.05, 0.1) is 4.88 Å². The van der Waals surface area contributed by atoms with Gasteiger partial charge in [-0.1, -0.05) is 42.5 Å². The van der Waals surface area contributed by atoms with E-state index in [0.717, 1.165) is 10.4 Å². The summed E-state index contributed by atoms with van der Waals surface area (Å²) >= 11 is 1.44. The summed E-state index contributed by atoms with van der Waals surface area (Å²) in [6.45, 7) is 0. The van der Waals surface area contributed by atoms with Gasteiger partial charge >= 0.3 is 0 Å². The van der Waals surface area contributed by atoms with E-state index in [2.05, 4.69) is 4.98 Å². The van der Waals surface area contributed by atoms with Gasteiger partial charge in [-0.15, -0.1) is 11.3 Å². The molecule has 0 unspecified atom stereocenters. The number of carbonyl (C=O) groups is 2. The smallest absolute Gasteiger partial charge is 0.181 e. The van der Waals surface area contributed by atoms with Crippen molar-refractivity contribution in [3.63, 3.8) is 0 Å². The van der Waals surface area contributed by atoms with Crippen LogP contribution in [0.2, 0.25) is 0 Å². The van der Waals surface area contributed by atoms with Gasteiger partial charge in [0.15, 0.2) is 11.6 Å². The average molecular weight is 335 g/mol. The number of nitrogens with zero attached hydrogens (tertiary/aromatic N) is 1. The molecule has 0 saturated carbocycles. The number of thiophene rings is 1. The lowest BCUT2D eigenvalue weighted by Crippen LogP contribution is -2.13. The summed E-state index contributed by atoms with van der Waals surface area (Å²) in [7, 11) is 0. The molecule has 24 heavy (non-hydrogen) atoms. The highest BCUT2D eigenvalue weighted by Gasteiger charge is 2.22. The van der Waals surface area contributed by atoms with E-state index in [1.54, 1.807) is 24.4 Å². The molecule has 0 aliphatic carbocycles. The fourth-order valence-electron chi connectivity index (χ4n) is 2.65. The first kappa shape index (κ1) is 16.3. The van der Waals surface area contributed by atoms with Crippen LogP contribution in [0, 0.1) is 0 Å². The van der Waals surface area contributed by atoms with Crippen LogP contribution in [-0.4, -0.2) is 16.6 Å². The number of ketones is 2. The van der Waals surface area contributed by atoms with Crippen LogP contribution in [0.3, 0.4) is 0 Å². The second kappa shape index (κ2) is 7.79. The summed E-state index contributed by atoms with van der Waals surface area (Å²) in [5.41, 5.74) is 1.45. The van der Waals surface area contributed by atoms with E-state index in [1.165, 1.54) is 11.3 Å².